The van der Waals surface area contributed by atoms with Crippen molar-refractivity contribution < 1.29 is 13.2 Å². The summed E-state index contributed by atoms with van der Waals surface area (Å²) >= 11 is 0. The molecule has 4 rings (SSSR count). The van der Waals surface area contributed by atoms with E-state index in [4.69, 9.17) is 0 Å². The van der Waals surface area contributed by atoms with Gasteiger partial charge in [0.1, 0.15) is 0 Å². The molecule has 1 heterocycles. The van der Waals surface area contributed by atoms with Crippen molar-refractivity contribution in [1.82, 2.24) is 19.6 Å². The Bertz CT molecular complexity index is 1220. The number of benzene rings is 2. The molecule has 8 nitrogen and oxygen atoms in total. The number of fused-ring (bicyclic) bond motifs is 1. The summed E-state index contributed by atoms with van der Waals surface area (Å²) in [6.45, 7) is 3.99. The molecule has 176 valence electrons. The summed E-state index contributed by atoms with van der Waals surface area (Å²) in [5.74, 6) is 0.664. The highest BCUT2D eigenvalue weighted by Crippen LogP contribution is 2.28. The van der Waals surface area contributed by atoms with Crippen LogP contribution in [-0.4, -0.2) is 48.3 Å². The molecule has 0 atom stereocenters. The maximum absolute atomic E-state index is 13.0. The van der Waals surface area contributed by atoms with E-state index in [0.717, 1.165) is 11.2 Å². The first kappa shape index (κ1) is 23.3. The lowest BCUT2D eigenvalue weighted by Gasteiger charge is -2.32. The minimum absolute atomic E-state index is 0.0332. The summed E-state index contributed by atoms with van der Waals surface area (Å²) in [6, 6.07) is 14.5. The first-order valence-electron chi connectivity index (χ1n) is 11.3. The van der Waals surface area contributed by atoms with E-state index in [0.29, 0.717) is 37.1 Å². The highest BCUT2D eigenvalue weighted by atomic mass is 32.2. The van der Waals surface area contributed by atoms with Crippen molar-refractivity contribution >= 4 is 38.6 Å². The fourth-order valence-corrected chi connectivity index (χ4v) is 5.48. The Morgan fingerprint density at radius 2 is 1.79 bits per heavy atom. The van der Waals surface area contributed by atoms with Gasteiger partial charge < -0.3 is 15.2 Å². The Hall–Kier alpha value is -2.91. The zero-order valence-electron chi connectivity index (χ0n) is 19.2. The van der Waals surface area contributed by atoms with Crippen LogP contribution in [-0.2, 0) is 14.8 Å². The van der Waals surface area contributed by atoms with Crippen LogP contribution in [0, 0.1) is 5.92 Å². The zero-order valence-corrected chi connectivity index (χ0v) is 20.0. The molecule has 0 aliphatic heterocycles. The normalized spacial score (nSPS) is 19.0. The van der Waals surface area contributed by atoms with Gasteiger partial charge in [-0.1, -0.05) is 18.2 Å². The van der Waals surface area contributed by atoms with E-state index in [2.05, 4.69) is 20.0 Å². The van der Waals surface area contributed by atoms with Crippen LogP contribution in [0.5, 0.6) is 0 Å². The van der Waals surface area contributed by atoms with Gasteiger partial charge in [-0.2, -0.15) is 0 Å². The van der Waals surface area contributed by atoms with E-state index in [1.165, 1.54) is 0 Å². The molecule has 1 fully saturated rings. The summed E-state index contributed by atoms with van der Waals surface area (Å²) < 4.78 is 28.9. The number of nitrogens with one attached hydrogen (secondary N) is 3. The number of anilines is 2. The van der Waals surface area contributed by atoms with E-state index in [1.807, 2.05) is 51.2 Å². The number of para-hydroxylation sites is 1. The van der Waals surface area contributed by atoms with E-state index in [-0.39, 0.29) is 28.8 Å². The molecule has 1 aliphatic rings. The minimum Gasteiger partial charge on any atom is -0.343 e. The Morgan fingerprint density at radius 3 is 2.45 bits per heavy atom. The number of nitrogens with zero attached hydrogens (tertiary/aromatic N) is 2. The van der Waals surface area contributed by atoms with Gasteiger partial charge in [-0.05, 0) is 69.9 Å². The number of aromatic amines is 1. The van der Waals surface area contributed by atoms with Gasteiger partial charge in [0.25, 0.3) is 0 Å². The molecule has 1 saturated carbocycles. The molecule has 0 unspecified atom stereocenters. The second-order valence-electron chi connectivity index (χ2n) is 8.97. The molecule has 1 amide bonds. The monoisotopic (exact) mass is 469 g/mol. The lowest BCUT2D eigenvalue weighted by Crippen LogP contribution is -2.42. The van der Waals surface area contributed by atoms with Crippen LogP contribution in [0.15, 0.2) is 53.4 Å². The number of hydrogen-bond acceptors (Lipinski definition) is 5. The van der Waals surface area contributed by atoms with Crippen molar-refractivity contribution in [2.45, 2.75) is 56.5 Å². The Balaban J connectivity index is 1.41. The van der Waals surface area contributed by atoms with E-state index < -0.39 is 10.0 Å². The third-order valence-corrected chi connectivity index (χ3v) is 7.84. The van der Waals surface area contributed by atoms with Gasteiger partial charge in [-0.25, -0.2) is 18.1 Å². The first-order valence-corrected chi connectivity index (χ1v) is 12.8. The topological polar surface area (TPSA) is 107 Å². The average Bonchev–Trinajstić information content (AvgIpc) is 3.20. The second kappa shape index (κ2) is 9.52. The Kier molecular flexibility index (Phi) is 6.71. The number of rotatable bonds is 7. The fourth-order valence-electron chi connectivity index (χ4n) is 4.16. The lowest BCUT2D eigenvalue weighted by atomic mass is 9.85. The van der Waals surface area contributed by atoms with E-state index in [1.54, 1.807) is 23.1 Å². The third-order valence-electron chi connectivity index (χ3n) is 6.32. The molecule has 33 heavy (non-hydrogen) atoms. The van der Waals surface area contributed by atoms with Crippen LogP contribution in [0.25, 0.3) is 11.0 Å². The Labute approximate surface area is 194 Å². The highest BCUT2D eigenvalue weighted by Gasteiger charge is 2.31. The number of H-pyrrole nitrogens is 1. The predicted octanol–water partition coefficient (Wildman–Crippen LogP) is 4.01. The van der Waals surface area contributed by atoms with Gasteiger partial charge in [0.15, 0.2) is 0 Å². The van der Waals surface area contributed by atoms with E-state index >= 15 is 0 Å². The minimum atomic E-state index is -3.69. The number of carbonyl (C=O) groups is 1. The summed E-state index contributed by atoms with van der Waals surface area (Å²) in [5, 5.41) is 3.18. The van der Waals surface area contributed by atoms with Gasteiger partial charge in [-0.15, -0.1) is 0 Å². The summed E-state index contributed by atoms with van der Waals surface area (Å²) in [4.78, 5) is 22.2. The fraction of sp³-hybridized carbons (Fsp3) is 0.417. The number of aromatic nitrogens is 2. The summed E-state index contributed by atoms with van der Waals surface area (Å²) in [7, 11) is -1.86. The number of sulfonamides is 1. The zero-order chi connectivity index (χ0) is 23.6. The third kappa shape index (κ3) is 5.36. The van der Waals surface area contributed by atoms with Crippen LogP contribution in [0.4, 0.5) is 11.6 Å². The molecule has 1 aliphatic carbocycles. The molecule has 2 aromatic carbocycles. The maximum Gasteiger partial charge on any atom is 0.240 e. The van der Waals surface area contributed by atoms with Gasteiger partial charge in [-0.3, -0.25) is 4.79 Å². The SMILES string of the molecule is CC(C)N(C)C(=O)[C@H]1CC[C@H](NS(=O)(=O)c2ccc3[nH]c(Nc4ccccc4)nc3c2)CC1. The average molecular weight is 470 g/mol. The Morgan fingerprint density at radius 1 is 1.09 bits per heavy atom. The molecule has 0 radical (unpaired) electrons. The second-order valence-corrected chi connectivity index (χ2v) is 10.7. The number of imidazole rings is 1. The van der Waals surface area contributed by atoms with Crippen molar-refractivity contribution in [2.75, 3.05) is 12.4 Å². The standard InChI is InChI=1S/C24H31N5O3S/c1-16(2)29(3)23(30)17-9-11-19(12-10-17)28-33(31,32)20-13-14-21-22(15-20)27-24(26-21)25-18-7-5-4-6-8-18/h4-8,13-17,19,28H,9-12H2,1-3H3,(H2,25,26,27)/t17-,19-. The van der Waals surface area contributed by atoms with Gasteiger partial charge in [0.2, 0.25) is 21.9 Å². The van der Waals surface area contributed by atoms with Gasteiger partial charge in [0.05, 0.1) is 15.9 Å². The van der Waals surface area contributed by atoms with Gasteiger partial charge in [0, 0.05) is 30.7 Å². The molecule has 1 aromatic heterocycles. The van der Waals surface area contributed by atoms with Crippen molar-refractivity contribution in [1.29, 1.82) is 0 Å². The van der Waals surface area contributed by atoms with Gasteiger partial charge >= 0.3 is 0 Å². The molecule has 0 bridgehead atoms. The predicted molar refractivity (Wildman–Crippen MR) is 130 cm³/mol. The molecule has 0 spiro atoms. The largest absolute Gasteiger partial charge is 0.343 e. The highest BCUT2D eigenvalue weighted by molar-refractivity contribution is 7.89. The quantitative estimate of drug-likeness (QED) is 0.485. The number of carbonyl (C=O) groups excluding carboxylic acids is 1. The molecule has 0 saturated heterocycles. The van der Waals surface area contributed by atoms with Crippen molar-refractivity contribution in [3.63, 3.8) is 0 Å². The molecular weight excluding hydrogens is 438 g/mol. The molecular formula is C24H31N5O3S. The van der Waals surface area contributed by atoms with Crippen LogP contribution >= 0.6 is 0 Å². The molecule has 3 N–H and O–H groups in total. The van der Waals surface area contributed by atoms with Crippen LogP contribution < -0.4 is 10.0 Å². The summed E-state index contributed by atoms with van der Waals surface area (Å²) in [5.41, 5.74) is 2.21. The number of amides is 1. The van der Waals surface area contributed by atoms with Crippen molar-refractivity contribution in [3.05, 3.63) is 48.5 Å². The number of hydrogen-bond donors (Lipinski definition) is 3. The van der Waals surface area contributed by atoms with Crippen molar-refractivity contribution in [3.8, 4) is 0 Å². The maximum atomic E-state index is 13.0. The van der Waals surface area contributed by atoms with Crippen molar-refractivity contribution in [2.24, 2.45) is 5.92 Å². The molecule has 9 heteroatoms. The first-order chi connectivity index (χ1) is 15.7. The summed E-state index contributed by atoms with van der Waals surface area (Å²) in [6.07, 6.45) is 2.68. The molecule has 3 aromatic rings. The van der Waals surface area contributed by atoms with Crippen LogP contribution in [0.2, 0.25) is 0 Å². The smallest absolute Gasteiger partial charge is 0.240 e. The van der Waals surface area contributed by atoms with Crippen LogP contribution in [0.3, 0.4) is 0 Å². The lowest BCUT2D eigenvalue weighted by molar-refractivity contribution is -0.136. The van der Waals surface area contributed by atoms with Crippen LogP contribution in [0.1, 0.15) is 39.5 Å². The van der Waals surface area contributed by atoms with E-state index in [9.17, 15) is 13.2 Å².